The van der Waals surface area contributed by atoms with E-state index in [-0.39, 0.29) is 10.6 Å². The van der Waals surface area contributed by atoms with Gasteiger partial charge in [0.2, 0.25) is 10.0 Å². The van der Waals surface area contributed by atoms with Gasteiger partial charge in [-0.2, -0.15) is 4.40 Å². The van der Waals surface area contributed by atoms with Crippen LogP contribution < -0.4 is 5.11 Å². The molecule has 4 nitrogen and oxygen atoms in total. The topological polar surface area (TPSA) is 69.6 Å². The van der Waals surface area contributed by atoms with E-state index < -0.39 is 15.9 Å². The van der Waals surface area contributed by atoms with Gasteiger partial charge in [-0.3, -0.25) is 0 Å². The summed E-state index contributed by atoms with van der Waals surface area (Å²) >= 11 is 7.80. The number of hydrogen-bond donors (Lipinski definition) is 0. The Kier molecular flexibility index (Phi) is 3.96. The molecular weight excluding hydrogens is 353 g/mol. The lowest BCUT2D eigenvalue weighted by Crippen LogP contribution is -2.21. The monoisotopic (exact) mass is 358 g/mol. The third kappa shape index (κ3) is 3.96. The Morgan fingerprint density at radius 1 is 1.53 bits per heavy atom. The van der Waals surface area contributed by atoms with Gasteiger partial charge in [0.25, 0.3) is 0 Å². The third-order valence-corrected chi connectivity index (χ3v) is 2.89. The van der Waals surface area contributed by atoms with E-state index in [2.05, 4.69) is 4.40 Å². The van der Waals surface area contributed by atoms with Crippen molar-refractivity contribution in [3.8, 4) is 0 Å². The van der Waals surface area contributed by atoms with Crippen molar-refractivity contribution in [2.75, 3.05) is 6.26 Å². The van der Waals surface area contributed by atoms with Crippen molar-refractivity contribution in [3.05, 3.63) is 32.4 Å². The Hall–Kier alpha value is -0.340. The minimum atomic E-state index is -3.68. The van der Waals surface area contributed by atoms with Crippen LogP contribution in [-0.2, 0) is 10.0 Å². The first-order valence-electron chi connectivity index (χ1n) is 3.72. The Labute approximate surface area is 106 Å². The first kappa shape index (κ1) is 12.7. The van der Waals surface area contributed by atoms with Gasteiger partial charge in [-0.1, -0.05) is 17.7 Å². The summed E-state index contributed by atoms with van der Waals surface area (Å²) < 4.78 is 25.4. The van der Waals surface area contributed by atoms with Crippen LogP contribution in [0.5, 0.6) is 0 Å². The van der Waals surface area contributed by atoms with Gasteiger partial charge in [0.15, 0.2) is 0 Å². The largest absolute Gasteiger partial charge is 0.858 e. The molecule has 1 rings (SSSR count). The Morgan fingerprint density at radius 3 is 2.60 bits per heavy atom. The molecule has 0 aliphatic rings. The van der Waals surface area contributed by atoms with Crippen molar-refractivity contribution in [2.24, 2.45) is 4.40 Å². The predicted molar refractivity (Wildman–Crippen MR) is 65.5 cm³/mol. The van der Waals surface area contributed by atoms with E-state index in [1.165, 1.54) is 6.07 Å². The van der Waals surface area contributed by atoms with Gasteiger partial charge in [0.05, 0.1) is 6.26 Å². The lowest BCUT2D eigenvalue weighted by atomic mass is 10.2. The van der Waals surface area contributed by atoms with Crippen molar-refractivity contribution in [2.45, 2.75) is 0 Å². The SMILES string of the molecule is CS(=O)(=O)/N=C(\[O-])c1ccc(I)cc1Cl. The molecule has 0 unspecified atom stereocenters. The first-order valence-corrected chi connectivity index (χ1v) is 7.02. The maximum atomic E-state index is 11.4. The summed E-state index contributed by atoms with van der Waals surface area (Å²) in [6, 6.07) is 4.66. The van der Waals surface area contributed by atoms with Crippen LogP contribution in [0.25, 0.3) is 0 Å². The summed E-state index contributed by atoms with van der Waals surface area (Å²) in [6.45, 7) is 0. The average Bonchev–Trinajstić information content (AvgIpc) is 1.99. The number of halogens is 2. The van der Waals surface area contributed by atoms with Gasteiger partial charge in [-0.05, 0) is 34.7 Å². The van der Waals surface area contributed by atoms with Crippen molar-refractivity contribution >= 4 is 50.1 Å². The Balaban J connectivity index is 3.24. The molecule has 0 spiro atoms. The molecule has 0 saturated carbocycles. The highest BCUT2D eigenvalue weighted by Crippen LogP contribution is 2.18. The fraction of sp³-hybridized carbons (Fsp3) is 0.125. The minimum Gasteiger partial charge on any atom is -0.858 e. The third-order valence-electron chi connectivity index (χ3n) is 1.41. The van der Waals surface area contributed by atoms with E-state index in [4.69, 9.17) is 11.6 Å². The molecule has 15 heavy (non-hydrogen) atoms. The smallest absolute Gasteiger partial charge is 0.249 e. The van der Waals surface area contributed by atoms with Crippen LogP contribution in [-0.4, -0.2) is 20.6 Å². The molecule has 0 atom stereocenters. The van der Waals surface area contributed by atoms with Crippen molar-refractivity contribution in [3.63, 3.8) is 0 Å². The van der Waals surface area contributed by atoms with Crippen LogP contribution in [0.15, 0.2) is 22.6 Å². The maximum absolute atomic E-state index is 11.4. The highest BCUT2D eigenvalue weighted by atomic mass is 127. The molecule has 0 fully saturated rings. The predicted octanol–water partition coefficient (Wildman–Crippen LogP) is 1.01. The summed E-state index contributed by atoms with van der Waals surface area (Å²) in [7, 11) is -3.68. The standard InChI is InChI=1S/C8H7ClINO3S/c1-15(13,14)11-8(12)6-3-2-5(10)4-7(6)9/h2-4H,1H3,(H,11,12)/p-1. The molecule has 1 aromatic carbocycles. The van der Waals surface area contributed by atoms with E-state index in [9.17, 15) is 13.5 Å². The fourth-order valence-electron chi connectivity index (χ4n) is 0.863. The van der Waals surface area contributed by atoms with E-state index in [1.54, 1.807) is 12.1 Å². The summed E-state index contributed by atoms with van der Waals surface area (Å²) in [5.74, 6) is -0.848. The van der Waals surface area contributed by atoms with Crippen molar-refractivity contribution < 1.29 is 13.5 Å². The molecule has 0 aliphatic heterocycles. The fourth-order valence-corrected chi connectivity index (χ4v) is 2.20. The molecule has 0 amide bonds. The minimum absolute atomic E-state index is 0.0857. The van der Waals surface area contributed by atoms with E-state index in [0.29, 0.717) is 0 Å². The molecule has 7 heteroatoms. The average molecular weight is 359 g/mol. The highest BCUT2D eigenvalue weighted by molar-refractivity contribution is 14.1. The van der Waals surface area contributed by atoms with Crippen LogP contribution in [0.2, 0.25) is 5.02 Å². The maximum Gasteiger partial charge on any atom is 0.249 e. The summed E-state index contributed by atoms with van der Waals surface area (Å²) in [4.78, 5) is 0. The number of sulfonamides is 1. The van der Waals surface area contributed by atoms with Gasteiger partial charge in [0.1, 0.15) is 0 Å². The second-order valence-corrected chi connectivity index (χ2v) is 6.06. The molecule has 1 aromatic rings. The Morgan fingerprint density at radius 2 is 2.13 bits per heavy atom. The van der Waals surface area contributed by atoms with E-state index >= 15 is 0 Å². The quantitative estimate of drug-likeness (QED) is 0.450. The number of benzene rings is 1. The lowest BCUT2D eigenvalue weighted by Gasteiger charge is -2.11. The zero-order valence-electron chi connectivity index (χ0n) is 7.57. The zero-order chi connectivity index (χ0) is 11.6. The van der Waals surface area contributed by atoms with Gasteiger partial charge in [0, 0.05) is 20.1 Å². The zero-order valence-corrected chi connectivity index (χ0v) is 11.3. The van der Waals surface area contributed by atoms with Crippen molar-refractivity contribution in [1.29, 1.82) is 0 Å². The molecule has 0 bridgehead atoms. The van der Waals surface area contributed by atoms with Gasteiger partial charge in [-0.15, -0.1) is 0 Å². The second-order valence-electron chi connectivity index (χ2n) is 2.75. The Bertz CT molecular complexity index is 513. The summed E-state index contributed by atoms with van der Waals surface area (Å²) in [5.41, 5.74) is 0.0857. The number of nitrogens with zero attached hydrogens (tertiary/aromatic N) is 1. The molecule has 82 valence electrons. The molecule has 0 saturated heterocycles. The molecule has 0 radical (unpaired) electrons. The normalized spacial score (nSPS) is 12.9. The van der Waals surface area contributed by atoms with Crippen molar-refractivity contribution in [1.82, 2.24) is 0 Å². The summed E-state index contributed by atoms with van der Waals surface area (Å²) in [5, 5.41) is 11.6. The van der Waals surface area contributed by atoms with E-state index in [1.807, 2.05) is 22.6 Å². The van der Waals surface area contributed by atoms with Crippen LogP contribution in [0, 0.1) is 3.57 Å². The first-order chi connectivity index (χ1) is 6.79. The molecule has 0 N–H and O–H groups in total. The van der Waals surface area contributed by atoms with Crippen LogP contribution in [0.1, 0.15) is 5.56 Å². The van der Waals surface area contributed by atoms with Crippen LogP contribution in [0.4, 0.5) is 0 Å². The number of rotatable bonds is 2. The summed E-state index contributed by atoms with van der Waals surface area (Å²) in [6.07, 6.45) is 0.853. The highest BCUT2D eigenvalue weighted by Gasteiger charge is 2.03. The van der Waals surface area contributed by atoms with E-state index in [0.717, 1.165) is 9.83 Å². The molecule has 0 heterocycles. The van der Waals surface area contributed by atoms with Crippen LogP contribution >= 0.6 is 34.2 Å². The van der Waals surface area contributed by atoms with Gasteiger partial charge in [-0.25, -0.2) is 8.42 Å². The molecule has 0 aromatic heterocycles. The second kappa shape index (κ2) is 4.67. The molecule has 0 aliphatic carbocycles. The van der Waals surface area contributed by atoms with Crippen LogP contribution in [0.3, 0.4) is 0 Å². The molecular formula is C8H6ClINO3S-. The lowest BCUT2D eigenvalue weighted by molar-refractivity contribution is -0.212. The number of hydrogen-bond acceptors (Lipinski definition) is 3. The van der Waals surface area contributed by atoms with Gasteiger partial charge >= 0.3 is 0 Å². The van der Waals surface area contributed by atoms with Gasteiger partial charge < -0.3 is 5.11 Å².